The summed E-state index contributed by atoms with van der Waals surface area (Å²) in [4.78, 5) is 14.7. The molecule has 0 spiro atoms. The fourth-order valence-corrected chi connectivity index (χ4v) is 3.88. The van der Waals surface area contributed by atoms with Crippen LogP contribution >= 0.6 is 11.6 Å². The first-order valence-corrected chi connectivity index (χ1v) is 10.1. The van der Waals surface area contributed by atoms with E-state index in [1.54, 1.807) is 0 Å². The smallest absolute Gasteiger partial charge is 0.271 e. The third kappa shape index (κ3) is 4.00. The molecule has 0 saturated carbocycles. The first-order chi connectivity index (χ1) is 13.9. The van der Waals surface area contributed by atoms with Gasteiger partial charge in [0.05, 0.1) is 11.4 Å². The summed E-state index contributed by atoms with van der Waals surface area (Å²) in [6.45, 7) is 5.24. The van der Waals surface area contributed by atoms with Crippen molar-refractivity contribution in [3.63, 3.8) is 0 Å². The van der Waals surface area contributed by atoms with Crippen molar-refractivity contribution in [2.24, 2.45) is 7.05 Å². The van der Waals surface area contributed by atoms with Crippen molar-refractivity contribution in [2.45, 2.75) is 32.8 Å². The van der Waals surface area contributed by atoms with Crippen LogP contribution in [-0.2, 0) is 7.05 Å². The van der Waals surface area contributed by atoms with E-state index >= 15 is 0 Å². The second kappa shape index (κ2) is 7.91. The molecule has 1 fully saturated rings. The average molecular weight is 414 g/mol. The Balaban J connectivity index is 1.39. The summed E-state index contributed by atoms with van der Waals surface area (Å²) in [7, 11) is 1.90. The lowest BCUT2D eigenvalue weighted by atomic mass is 10.1. The van der Waals surface area contributed by atoms with E-state index < -0.39 is 0 Å². The third-order valence-electron chi connectivity index (χ3n) is 5.42. The molecule has 0 atom stereocenters. The molecule has 1 amide bonds. The fraction of sp³-hybridized carbons (Fsp3) is 0.381. The second-order valence-electron chi connectivity index (χ2n) is 7.40. The number of aryl methyl sites for hydroxylation is 2. The number of carbonyl (C=O) groups excluding carboxylic acids is 1. The molecule has 1 aromatic carbocycles. The molecule has 4 rings (SSSR count). The number of piperidine rings is 1. The van der Waals surface area contributed by atoms with Crippen LogP contribution < -0.4 is 4.74 Å². The third-order valence-corrected chi connectivity index (χ3v) is 5.67. The number of nitrogens with one attached hydrogen (secondary N) is 1. The molecule has 0 unspecified atom stereocenters. The number of aromatic amines is 1. The molecule has 3 aromatic rings. The number of halogens is 1. The number of hydrogen-bond acceptors (Lipinski definition) is 4. The standard InChI is InChI=1S/C21H24ClN5O2/c1-13-20(14(2)26(3)25-13)18-12-19(24-23-18)21(28)27-10-8-17(9-11-27)29-16-6-4-15(22)5-7-16/h4-7,12,17H,8-11H2,1-3H3,(H,23,24). The molecule has 1 saturated heterocycles. The Kier molecular flexibility index (Phi) is 5.32. The van der Waals surface area contributed by atoms with Gasteiger partial charge in [0.2, 0.25) is 0 Å². The lowest BCUT2D eigenvalue weighted by molar-refractivity contribution is 0.0590. The van der Waals surface area contributed by atoms with Gasteiger partial charge >= 0.3 is 0 Å². The lowest BCUT2D eigenvalue weighted by Gasteiger charge is -2.31. The summed E-state index contributed by atoms with van der Waals surface area (Å²) in [5.41, 5.74) is 4.14. The monoisotopic (exact) mass is 413 g/mol. The van der Waals surface area contributed by atoms with Gasteiger partial charge in [-0.15, -0.1) is 0 Å². The predicted molar refractivity (Wildman–Crippen MR) is 111 cm³/mol. The number of rotatable bonds is 4. The summed E-state index contributed by atoms with van der Waals surface area (Å²) in [6.07, 6.45) is 1.67. The number of likely N-dealkylation sites (tertiary alicyclic amines) is 1. The molecule has 0 radical (unpaired) electrons. The molecular formula is C21H24ClN5O2. The number of hydrogen-bond donors (Lipinski definition) is 1. The molecular weight excluding hydrogens is 390 g/mol. The minimum absolute atomic E-state index is 0.0344. The zero-order valence-corrected chi connectivity index (χ0v) is 17.5. The average Bonchev–Trinajstić information content (AvgIpc) is 3.28. The van der Waals surface area contributed by atoms with Crippen LogP contribution in [0.4, 0.5) is 0 Å². The molecule has 3 heterocycles. The van der Waals surface area contributed by atoms with Gasteiger partial charge in [0.25, 0.3) is 5.91 Å². The maximum Gasteiger partial charge on any atom is 0.271 e. The molecule has 7 nitrogen and oxygen atoms in total. The van der Waals surface area contributed by atoms with Crippen LogP contribution in [-0.4, -0.2) is 50.0 Å². The van der Waals surface area contributed by atoms with Gasteiger partial charge in [0.15, 0.2) is 0 Å². The van der Waals surface area contributed by atoms with E-state index in [1.807, 2.05) is 60.8 Å². The number of amides is 1. The van der Waals surface area contributed by atoms with Crippen molar-refractivity contribution < 1.29 is 9.53 Å². The summed E-state index contributed by atoms with van der Waals surface area (Å²) >= 11 is 5.91. The molecule has 2 aromatic heterocycles. The quantitative estimate of drug-likeness (QED) is 0.706. The highest BCUT2D eigenvalue weighted by atomic mass is 35.5. The van der Waals surface area contributed by atoms with Gasteiger partial charge in [-0.1, -0.05) is 11.6 Å². The van der Waals surface area contributed by atoms with Crippen LogP contribution in [0.2, 0.25) is 5.02 Å². The number of benzene rings is 1. The molecule has 1 aliphatic heterocycles. The highest BCUT2D eigenvalue weighted by Gasteiger charge is 2.26. The normalized spacial score (nSPS) is 15.0. The van der Waals surface area contributed by atoms with Crippen LogP contribution in [0.1, 0.15) is 34.7 Å². The van der Waals surface area contributed by atoms with Crippen molar-refractivity contribution >= 4 is 17.5 Å². The summed E-state index contributed by atoms with van der Waals surface area (Å²) in [5.74, 6) is 0.771. The lowest BCUT2D eigenvalue weighted by Crippen LogP contribution is -2.41. The van der Waals surface area contributed by atoms with Gasteiger partial charge < -0.3 is 9.64 Å². The van der Waals surface area contributed by atoms with E-state index in [4.69, 9.17) is 16.3 Å². The van der Waals surface area contributed by atoms with Crippen LogP contribution in [0, 0.1) is 13.8 Å². The highest BCUT2D eigenvalue weighted by molar-refractivity contribution is 6.30. The van der Waals surface area contributed by atoms with Crippen molar-refractivity contribution in [1.29, 1.82) is 0 Å². The van der Waals surface area contributed by atoms with E-state index in [1.165, 1.54) is 0 Å². The number of carbonyl (C=O) groups is 1. The Morgan fingerprint density at radius 1 is 1.21 bits per heavy atom. The molecule has 0 aliphatic carbocycles. The number of H-pyrrole nitrogens is 1. The maximum atomic E-state index is 12.9. The van der Waals surface area contributed by atoms with Crippen LogP contribution in [0.25, 0.3) is 11.3 Å². The van der Waals surface area contributed by atoms with E-state index in [9.17, 15) is 4.79 Å². The predicted octanol–water partition coefficient (Wildman–Crippen LogP) is 3.76. The highest BCUT2D eigenvalue weighted by Crippen LogP contribution is 2.26. The Bertz CT molecular complexity index is 1020. The molecule has 152 valence electrons. The Hall–Kier alpha value is -2.80. The van der Waals surface area contributed by atoms with Crippen LogP contribution in [0.15, 0.2) is 30.3 Å². The van der Waals surface area contributed by atoms with Crippen molar-refractivity contribution in [1.82, 2.24) is 24.9 Å². The van der Waals surface area contributed by atoms with Crippen molar-refractivity contribution in [3.8, 4) is 17.0 Å². The van der Waals surface area contributed by atoms with E-state index in [0.717, 1.165) is 41.2 Å². The van der Waals surface area contributed by atoms with Gasteiger partial charge in [-0.25, -0.2) is 0 Å². The molecule has 8 heteroatoms. The molecule has 1 N–H and O–H groups in total. The van der Waals surface area contributed by atoms with Crippen molar-refractivity contribution in [3.05, 3.63) is 52.4 Å². The van der Waals surface area contributed by atoms with Crippen LogP contribution in [0.3, 0.4) is 0 Å². The summed E-state index contributed by atoms with van der Waals surface area (Å²) < 4.78 is 7.83. The molecule has 1 aliphatic rings. The first kappa shape index (κ1) is 19.5. The largest absolute Gasteiger partial charge is 0.490 e. The summed E-state index contributed by atoms with van der Waals surface area (Å²) in [6, 6.07) is 9.19. The number of ether oxygens (including phenoxy) is 1. The van der Waals surface area contributed by atoms with Crippen molar-refractivity contribution in [2.75, 3.05) is 13.1 Å². The minimum Gasteiger partial charge on any atom is -0.490 e. The van der Waals surface area contributed by atoms with Gasteiger partial charge in [-0.2, -0.15) is 10.2 Å². The maximum absolute atomic E-state index is 12.9. The Labute approximate surface area is 174 Å². The Morgan fingerprint density at radius 3 is 2.52 bits per heavy atom. The van der Waals surface area contributed by atoms with E-state index in [0.29, 0.717) is 23.8 Å². The summed E-state index contributed by atoms with van der Waals surface area (Å²) in [5, 5.41) is 12.4. The van der Waals surface area contributed by atoms with Gasteiger partial charge in [-0.3, -0.25) is 14.6 Å². The number of nitrogens with zero attached hydrogens (tertiary/aromatic N) is 4. The zero-order valence-electron chi connectivity index (χ0n) is 16.8. The van der Waals surface area contributed by atoms with Gasteiger partial charge in [-0.05, 0) is 44.2 Å². The molecule has 29 heavy (non-hydrogen) atoms. The topological polar surface area (TPSA) is 76.0 Å². The number of aromatic nitrogens is 4. The van der Waals surface area contributed by atoms with Gasteiger partial charge in [0.1, 0.15) is 17.5 Å². The Morgan fingerprint density at radius 2 is 1.90 bits per heavy atom. The van der Waals surface area contributed by atoms with E-state index in [-0.39, 0.29) is 12.0 Å². The van der Waals surface area contributed by atoms with Gasteiger partial charge in [0, 0.05) is 49.3 Å². The molecule has 0 bridgehead atoms. The first-order valence-electron chi connectivity index (χ1n) is 9.70. The van der Waals surface area contributed by atoms with E-state index in [2.05, 4.69) is 15.3 Å². The SMILES string of the molecule is Cc1nn(C)c(C)c1-c1cc(C(=O)N2CCC(Oc3ccc(Cl)cc3)CC2)[nH]n1. The minimum atomic E-state index is -0.0344. The van der Waals surface area contributed by atoms with Crippen LogP contribution in [0.5, 0.6) is 5.75 Å². The zero-order chi connectivity index (χ0) is 20.5. The second-order valence-corrected chi connectivity index (χ2v) is 7.84. The fourth-order valence-electron chi connectivity index (χ4n) is 3.76.